The molecule has 0 radical (unpaired) electrons. The second-order valence-corrected chi connectivity index (χ2v) is 6.76. The number of H-pyrrole nitrogens is 1. The van der Waals surface area contributed by atoms with Crippen LogP contribution in [0.2, 0.25) is 0 Å². The number of hydrogen-bond acceptors (Lipinski definition) is 3. The summed E-state index contributed by atoms with van der Waals surface area (Å²) >= 11 is 0. The molecule has 2 aromatic heterocycles. The van der Waals surface area contributed by atoms with Gasteiger partial charge in [-0.15, -0.1) is 0 Å². The first kappa shape index (κ1) is 15.8. The van der Waals surface area contributed by atoms with E-state index in [0.29, 0.717) is 38.1 Å². The van der Waals surface area contributed by atoms with Crippen LogP contribution in [0.4, 0.5) is 0 Å². The molecule has 0 saturated carbocycles. The average molecular weight is 356 g/mol. The van der Waals surface area contributed by atoms with Gasteiger partial charge in [0.05, 0.1) is 16.6 Å². The van der Waals surface area contributed by atoms with Gasteiger partial charge in [-0.2, -0.15) is 0 Å². The average Bonchev–Trinajstić information content (AvgIpc) is 2.68. The summed E-state index contributed by atoms with van der Waals surface area (Å²) in [6, 6.07) is 17.9. The van der Waals surface area contributed by atoms with Crippen LogP contribution < -0.4 is 10.9 Å². The van der Waals surface area contributed by atoms with Crippen molar-refractivity contribution in [1.82, 2.24) is 9.55 Å². The van der Waals surface area contributed by atoms with Gasteiger partial charge in [0.1, 0.15) is 6.23 Å². The lowest BCUT2D eigenvalue weighted by molar-refractivity contribution is 0.133. The van der Waals surface area contributed by atoms with Gasteiger partial charge in [-0.3, -0.25) is 9.59 Å². The SMILES string of the molecule is CC(O)n1c2ccccc2c(=O)c2cc3[nH]c4ccccc4c(=O)c3cc21. The summed E-state index contributed by atoms with van der Waals surface area (Å²) in [6.07, 6.45) is -0.852. The first-order valence-corrected chi connectivity index (χ1v) is 8.76. The van der Waals surface area contributed by atoms with Crippen molar-refractivity contribution in [2.45, 2.75) is 13.2 Å². The highest BCUT2D eigenvalue weighted by Gasteiger charge is 2.16. The molecule has 5 heteroatoms. The number of aromatic nitrogens is 2. The molecule has 1 unspecified atom stereocenters. The topological polar surface area (TPSA) is 75.1 Å². The molecule has 5 nitrogen and oxygen atoms in total. The van der Waals surface area contributed by atoms with Gasteiger partial charge in [0.2, 0.25) is 0 Å². The van der Waals surface area contributed by atoms with Crippen molar-refractivity contribution in [2.24, 2.45) is 0 Å². The van der Waals surface area contributed by atoms with Crippen molar-refractivity contribution >= 4 is 43.6 Å². The van der Waals surface area contributed by atoms with Gasteiger partial charge >= 0.3 is 0 Å². The van der Waals surface area contributed by atoms with Crippen LogP contribution in [-0.4, -0.2) is 14.7 Å². The third-order valence-corrected chi connectivity index (χ3v) is 5.11. The molecule has 0 bridgehead atoms. The fourth-order valence-corrected chi connectivity index (χ4v) is 3.89. The van der Waals surface area contributed by atoms with Crippen LogP contribution in [0.25, 0.3) is 43.6 Å². The molecule has 2 heterocycles. The third kappa shape index (κ3) is 2.15. The van der Waals surface area contributed by atoms with Gasteiger partial charge in [-0.05, 0) is 43.3 Å². The molecule has 0 fully saturated rings. The number of hydrogen-bond donors (Lipinski definition) is 2. The molecule has 1 atom stereocenters. The maximum Gasteiger partial charge on any atom is 0.197 e. The lowest BCUT2D eigenvalue weighted by atomic mass is 10.0. The standard InChI is InChI=1S/C22H16N2O3/c1-12(25)24-19-9-5-3-7-14(19)22(27)16-10-18-15(11-20(16)24)21(26)13-6-2-4-8-17(13)23-18/h2-12,25H,1H3,(H,23,26). The van der Waals surface area contributed by atoms with E-state index in [0.717, 1.165) is 5.52 Å². The second kappa shape index (κ2) is 5.53. The molecular formula is C22H16N2O3. The number of pyridine rings is 2. The van der Waals surface area contributed by atoms with Crippen molar-refractivity contribution in [3.05, 3.63) is 81.1 Å². The van der Waals surface area contributed by atoms with Gasteiger partial charge in [0.25, 0.3) is 0 Å². The molecule has 3 aromatic carbocycles. The van der Waals surface area contributed by atoms with Crippen LogP contribution >= 0.6 is 0 Å². The predicted octanol–water partition coefficient (Wildman–Crippen LogP) is 3.66. The third-order valence-electron chi connectivity index (χ3n) is 5.11. The zero-order valence-electron chi connectivity index (χ0n) is 14.6. The number of nitrogens with one attached hydrogen (secondary N) is 1. The highest BCUT2D eigenvalue weighted by molar-refractivity contribution is 6.03. The minimum Gasteiger partial charge on any atom is -0.374 e. The van der Waals surface area contributed by atoms with Gasteiger partial charge in [0.15, 0.2) is 10.9 Å². The van der Waals surface area contributed by atoms with E-state index in [9.17, 15) is 14.7 Å². The van der Waals surface area contributed by atoms with Crippen LogP contribution in [-0.2, 0) is 0 Å². The summed E-state index contributed by atoms with van der Waals surface area (Å²) in [7, 11) is 0. The predicted molar refractivity (Wildman–Crippen MR) is 108 cm³/mol. The van der Waals surface area contributed by atoms with Gasteiger partial charge in [-0.1, -0.05) is 24.3 Å². The molecule has 0 amide bonds. The molecule has 0 spiro atoms. The Balaban J connectivity index is 2.09. The van der Waals surface area contributed by atoms with Crippen molar-refractivity contribution in [2.75, 3.05) is 0 Å². The number of aliphatic hydroxyl groups is 1. The van der Waals surface area contributed by atoms with Gasteiger partial charge in [0, 0.05) is 27.1 Å². The molecule has 132 valence electrons. The maximum atomic E-state index is 13.1. The van der Waals surface area contributed by atoms with Crippen LogP contribution in [0.15, 0.2) is 70.3 Å². The zero-order chi connectivity index (χ0) is 18.7. The fourth-order valence-electron chi connectivity index (χ4n) is 3.89. The summed E-state index contributed by atoms with van der Waals surface area (Å²) in [4.78, 5) is 29.3. The van der Waals surface area contributed by atoms with E-state index in [-0.39, 0.29) is 10.9 Å². The molecule has 0 saturated heterocycles. The zero-order valence-corrected chi connectivity index (χ0v) is 14.6. The molecule has 0 aliphatic heterocycles. The monoisotopic (exact) mass is 356 g/mol. The van der Waals surface area contributed by atoms with E-state index in [2.05, 4.69) is 4.98 Å². The van der Waals surface area contributed by atoms with Crippen LogP contribution in [0.3, 0.4) is 0 Å². The van der Waals surface area contributed by atoms with E-state index >= 15 is 0 Å². The molecule has 2 N–H and O–H groups in total. The van der Waals surface area contributed by atoms with Gasteiger partial charge < -0.3 is 14.7 Å². The first-order valence-electron chi connectivity index (χ1n) is 8.76. The number of benzene rings is 3. The van der Waals surface area contributed by atoms with Crippen molar-refractivity contribution < 1.29 is 5.11 Å². The minimum atomic E-state index is -0.852. The Labute approximate surface area is 153 Å². The molecule has 5 rings (SSSR count). The van der Waals surface area contributed by atoms with Crippen LogP contribution in [0.5, 0.6) is 0 Å². The summed E-state index contributed by atoms with van der Waals surface area (Å²) in [5, 5.41) is 12.5. The molecule has 27 heavy (non-hydrogen) atoms. The number of nitrogens with zero attached hydrogens (tertiary/aromatic N) is 1. The Morgan fingerprint density at radius 2 is 1.44 bits per heavy atom. The highest BCUT2D eigenvalue weighted by Crippen LogP contribution is 2.26. The normalized spacial score (nSPS) is 13.0. The lowest BCUT2D eigenvalue weighted by Gasteiger charge is -2.18. The smallest absolute Gasteiger partial charge is 0.197 e. The van der Waals surface area contributed by atoms with E-state index in [1.807, 2.05) is 24.3 Å². The Morgan fingerprint density at radius 3 is 2.22 bits per heavy atom. The minimum absolute atomic E-state index is 0.0981. The van der Waals surface area contributed by atoms with E-state index < -0.39 is 6.23 Å². The van der Waals surface area contributed by atoms with E-state index in [4.69, 9.17) is 0 Å². The number of fused-ring (bicyclic) bond motifs is 4. The van der Waals surface area contributed by atoms with E-state index in [1.54, 1.807) is 47.9 Å². The number of rotatable bonds is 1. The summed E-state index contributed by atoms with van der Waals surface area (Å²) in [5.74, 6) is 0. The van der Waals surface area contributed by atoms with Crippen molar-refractivity contribution in [3.8, 4) is 0 Å². The molecule has 5 aromatic rings. The number of para-hydroxylation sites is 2. The summed E-state index contributed by atoms with van der Waals surface area (Å²) in [6.45, 7) is 1.64. The Bertz CT molecular complexity index is 1490. The Kier molecular flexibility index (Phi) is 3.23. The van der Waals surface area contributed by atoms with Crippen LogP contribution in [0.1, 0.15) is 13.2 Å². The van der Waals surface area contributed by atoms with Gasteiger partial charge in [-0.25, -0.2) is 0 Å². The maximum absolute atomic E-state index is 13.1. The molecule has 0 aliphatic rings. The fraction of sp³-hybridized carbons (Fsp3) is 0.0909. The summed E-state index contributed by atoms with van der Waals surface area (Å²) < 4.78 is 1.69. The largest absolute Gasteiger partial charge is 0.374 e. The second-order valence-electron chi connectivity index (χ2n) is 6.76. The lowest BCUT2D eigenvalue weighted by Crippen LogP contribution is -2.15. The molecular weight excluding hydrogens is 340 g/mol. The van der Waals surface area contributed by atoms with Crippen molar-refractivity contribution in [3.63, 3.8) is 0 Å². The number of aromatic amines is 1. The molecule has 0 aliphatic carbocycles. The number of aliphatic hydroxyl groups excluding tert-OH is 1. The van der Waals surface area contributed by atoms with Crippen molar-refractivity contribution in [1.29, 1.82) is 0 Å². The Hall–Kier alpha value is -3.44. The van der Waals surface area contributed by atoms with E-state index in [1.165, 1.54) is 0 Å². The van der Waals surface area contributed by atoms with Crippen LogP contribution in [0, 0.1) is 0 Å². The quantitative estimate of drug-likeness (QED) is 0.450. The first-order chi connectivity index (χ1) is 13.1. The Morgan fingerprint density at radius 1 is 0.778 bits per heavy atom. The highest BCUT2D eigenvalue weighted by atomic mass is 16.3. The summed E-state index contributed by atoms with van der Waals surface area (Å²) in [5.41, 5.74) is 2.30.